The molecule has 0 unspecified atom stereocenters. The van der Waals surface area contributed by atoms with Crippen molar-refractivity contribution in [1.82, 2.24) is 10.5 Å². The molecular weight excluding hydrogens is 298 g/mol. The first-order valence-corrected chi connectivity index (χ1v) is 7.82. The first-order valence-electron chi connectivity index (χ1n) is 7.82. The lowest BCUT2D eigenvalue weighted by Crippen LogP contribution is -2.50. The fourth-order valence-electron chi connectivity index (χ4n) is 2.61. The molecule has 2 saturated heterocycles. The molecule has 7 nitrogen and oxygen atoms in total. The quantitative estimate of drug-likeness (QED) is 0.894. The topological polar surface area (TPSA) is 79.0 Å². The maximum atomic E-state index is 12.4. The van der Waals surface area contributed by atoms with E-state index in [0.717, 1.165) is 19.3 Å². The maximum Gasteiger partial charge on any atom is 0.277 e. The Balaban J connectivity index is 1.72. The first kappa shape index (κ1) is 15.5. The van der Waals surface area contributed by atoms with Crippen LogP contribution in [0.1, 0.15) is 42.5 Å². The third-order valence-corrected chi connectivity index (χ3v) is 3.90. The molecule has 0 aromatic heterocycles. The second kappa shape index (κ2) is 6.78. The number of rotatable bonds is 2. The van der Waals surface area contributed by atoms with Crippen molar-refractivity contribution in [2.75, 3.05) is 18.2 Å². The van der Waals surface area contributed by atoms with Gasteiger partial charge in [-0.1, -0.05) is 0 Å². The molecule has 0 radical (unpaired) electrons. The number of hydrogen-bond donors (Lipinski definition) is 1. The molecule has 3 rings (SSSR count). The Morgan fingerprint density at radius 1 is 1.04 bits per heavy atom. The fourth-order valence-corrected chi connectivity index (χ4v) is 2.61. The third-order valence-electron chi connectivity index (χ3n) is 3.90. The van der Waals surface area contributed by atoms with Gasteiger partial charge in [0.15, 0.2) is 0 Å². The molecule has 0 atom stereocenters. The molecule has 1 N–H and O–H groups in total. The summed E-state index contributed by atoms with van der Waals surface area (Å²) in [6.07, 6.45) is 3.34. The summed E-state index contributed by atoms with van der Waals surface area (Å²) >= 11 is 0. The van der Waals surface area contributed by atoms with Gasteiger partial charge >= 0.3 is 0 Å². The van der Waals surface area contributed by atoms with E-state index in [1.54, 1.807) is 24.3 Å². The summed E-state index contributed by atoms with van der Waals surface area (Å²) in [4.78, 5) is 41.2. The Hall–Kier alpha value is -2.41. The highest BCUT2D eigenvalue weighted by Crippen LogP contribution is 2.19. The fraction of sp³-hybridized carbons (Fsp3) is 0.438. The number of hydrogen-bond acceptors (Lipinski definition) is 4. The molecule has 2 aliphatic rings. The summed E-state index contributed by atoms with van der Waals surface area (Å²) in [6, 6.07) is 6.57. The van der Waals surface area contributed by atoms with Crippen LogP contribution in [0.5, 0.6) is 0 Å². The van der Waals surface area contributed by atoms with Crippen molar-refractivity contribution in [3.63, 3.8) is 0 Å². The van der Waals surface area contributed by atoms with Crippen LogP contribution in [0.3, 0.4) is 0 Å². The predicted molar refractivity (Wildman–Crippen MR) is 82.1 cm³/mol. The average Bonchev–Trinajstić information content (AvgIpc) is 2.86. The van der Waals surface area contributed by atoms with E-state index < -0.39 is 0 Å². The van der Waals surface area contributed by atoms with Gasteiger partial charge in [0.1, 0.15) is 0 Å². The van der Waals surface area contributed by atoms with Gasteiger partial charge in [0.25, 0.3) is 5.91 Å². The molecule has 2 heterocycles. The largest absolute Gasteiger partial charge is 0.277 e. The Labute approximate surface area is 134 Å². The highest BCUT2D eigenvalue weighted by atomic mass is 16.7. The highest BCUT2D eigenvalue weighted by Gasteiger charge is 2.25. The number of carbonyl (C=O) groups is 3. The zero-order valence-corrected chi connectivity index (χ0v) is 12.8. The van der Waals surface area contributed by atoms with Gasteiger partial charge in [-0.3, -0.25) is 24.6 Å². The first-order chi connectivity index (χ1) is 11.1. The SMILES string of the molecule is O=C1CCC(=O)N(c2ccc(C(=O)N3CCCCCO3)cc2)N1. The van der Waals surface area contributed by atoms with Crippen LogP contribution in [-0.4, -0.2) is 35.9 Å². The van der Waals surface area contributed by atoms with Gasteiger partial charge in [-0.15, -0.1) is 0 Å². The minimum Gasteiger partial charge on any atom is -0.273 e. The lowest BCUT2D eigenvalue weighted by atomic mass is 10.1. The highest BCUT2D eigenvalue weighted by molar-refractivity contribution is 6.01. The molecule has 1 aromatic carbocycles. The normalized spacial score (nSPS) is 19.3. The molecular formula is C16H19N3O4. The van der Waals surface area contributed by atoms with E-state index in [-0.39, 0.29) is 30.6 Å². The van der Waals surface area contributed by atoms with Gasteiger partial charge < -0.3 is 0 Å². The summed E-state index contributed by atoms with van der Waals surface area (Å²) in [6.45, 7) is 1.14. The number of nitrogens with one attached hydrogen (secondary N) is 1. The summed E-state index contributed by atoms with van der Waals surface area (Å²) in [5, 5.41) is 2.62. The van der Waals surface area contributed by atoms with Crippen LogP contribution < -0.4 is 10.4 Å². The van der Waals surface area contributed by atoms with Crippen LogP contribution in [-0.2, 0) is 14.4 Å². The average molecular weight is 317 g/mol. The molecule has 0 aliphatic carbocycles. The number of hydroxylamine groups is 2. The molecule has 2 fully saturated rings. The molecule has 122 valence electrons. The Bertz CT molecular complexity index is 606. The van der Waals surface area contributed by atoms with Crippen LogP contribution in [0.2, 0.25) is 0 Å². The summed E-state index contributed by atoms with van der Waals surface area (Å²) in [5.41, 5.74) is 3.56. The molecule has 23 heavy (non-hydrogen) atoms. The summed E-state index contributed by atoms with van der Waals surface area (Å²) in [5.74, 6) is -0.547. The van der Waals surface area contributed by atoms with Crippen LogP contribution >= 0.6 is 0 Å². The number of anilines is 1. The van der Waals surface area contributed by atoms with Gasteiger partial charge in [0.2, 0.25) is 11.8 Å². The van der Waals surface area contributed by atoms with Crippen molar-refractivity contribution in [2.24, 2.45) is 0 Å². The number of hydrazine groups is 1. The van der Waals surface area contributed by atoms with E-state index in [1.165, 1.54) is 10.1 Å². The van der Waals surface area contributed by atoms with Crippen molar-refractivity contribution >= 4 is 23.4 Å². The Kier molecular flexibility index (Phi) is 4.57. The van der Waals surface area contributed by atoms with Crippen molar-refractivity contribution in [3.05, 3.63) is 29.8 Å². The minimum atomic E-state index is -0.192. The van der Waals surface area contributed by atoms with Gasteiger partial charge in [-0.05, 0) is 43.5 Å². The maximum absolute atomic E-state index is 12.4. The van der Waals surface area contributed by atoms with E-state index in [9.17, 15) is 14.4 Å². The standard InChI is InChI=1S/C16H19N3O4/c20-14-8-9-15(21)19(17-14)13-6-4-12(5-7-13)16(22)18-10-2-1-3-11-23-18/h4-7H,1-3,8-11H2,(H,17,20). The van der Waals surface area contributed by atoms with E-state index >= 15 is 0 Å². The lowest BCUT2D eigenvalue weighted by Gasteiger charge is -2.27. The van der Waals surface area contributed by atoms with Crippen LogP contribution in [0, 0.1) is 0 Å². The van der Waals surface area contributed by atoms with Gasteiger partial charge in [0.05, 0.1) is 12.3 Å². The van der Waals surface area contributed by atoms with Crippen molar-refractivity contribution < 1.29 is 19.2 Å². The molecule has 2 aliphatic heterocycles. The molecule has 7 heteroatoms. The van der Waals surface area contributed by atoms with Crippen LogP contribution in [0.25, 0.3) is 0 Å². The van der Waals surface area contributed by atoms with Crippen molar-refractivity contribution in [1.29, 1.82) is 0 Å². The molecule has 3 amide bonds. The molecule has 0 bridgehead atoms. The second-order valence-corrected chi connectivity index (χ2v) is 5.61. The molecule has 1 aromatic rings. The lowest BCUT2D eigenvalue weighted by molar-refractivity contribution is -0.130. The van der Waals surface area contributed by atoms with Gasteiger partial charge in [-0.25, -0.2) is 10.1 Å². The van der Waals surface area contributed by atoms with Gasteiger partial charge in [-0.2, -0.15) is 0 Å². The third kappa shape index (κ3) is 3.50. The number of benzene rings is 1. The summed E-state index contributed by atoms with van der Waals surface area (Å²) < 4.78 is 0. The predicted octanol–water partition coefficient (Wildman–Crippen LogP) is 1.40. The van der Waals surface area contributed by atoms with Gasteiger partial charge in [0, 0.05) is 24.9 Å². The van der Waals surface area contributed by atoms with Crippen molar-refractivity contribution in [2.45, 2.75) is 32.1 Å². The smallest absolute Gasteiger partial charge is 0.273 e. The zero-order chi connectivity index (χ0) is 16.2. The van der Waals surface area contributed by atoms with Crippen molar-refractivity contribution in [3.8, 4) is 0 Å². The summed E-state index contributed by atoms with van der Waals surface area (Å²) in [7, 11) is 0. The Morgan fingerprint density at radius 2 is 1.83 bits per heavy atom. The van der Waals surface area contributed by atoms with Crippen LogP contribution in [0.15, 0.2) is 24.3 Å². The minimum absolute atomic E-state index is 0.167. The second-order valence-electron chi connectivity index (χ2n) is 5.61. The number of nitrogens with zero attached hydrogens (tertiary/aromatic N) is 2. The van der Waals surface area contributed by atoms with E-state index in [0.29, 0.717) is 24.4 Å². The monoisotopic (exact) mass is 317 g/mol. The number of carbonyl (C=O) groups excluding carboxylic acids is 3. The zero-order valence-electron chi connectivity index (χ0n) is 12.8. The molecule has 0 spiro atoms. The van der Waals surface area contributed by atoms with E-state index in [2.05, 4.69) is 5.43 Å². The Morgan fingerprint density at radius 3 is 2.61 bits per heavy atom. The van der Waals surface area contributed by atoms with E-state index in [1.807, 2.05) is 0 Å². The van der Waals surface area contributed by atoms with Crippen LogP contribution in [0.4, 0.5) is 5.69 Å². The molecule has 0 saturated carbocycles. The number of amides is 3. The van der Waals surface area contributed by atoms with E-state index in [4.69, 9.17) is 4.84 Å².